The first-order valence-corrected chi connectivity index (χ1v) is 12.2. The molecule has 1 heterocycles. The van der Waals surface area contributed by atoms with Crippen LogP contribution in [0.15, 0.2) is 52.3 Å². The highest BCUT2D eigenvalue weighted by atomic mass is 32.2. The Labute approximate surface area is 182 Å². The molecule has 1 aliphatic rings. The van der Waals surface area contributed by atoms with Crippen LogP contribution in [0.2, 0.25) is 0 Å². The second kappa shape index (κ2) is 8.81. The van der Waals surface area contributed by atoms with E-state index in [0.29, 0.717) is 23.5 Å². The molecular weight excluding hydrogens is 420 g/mol. The number of sulfonamides is 1. The van der Waals surface area contributed by atoms with Crippen LogP contribution in [0.1, 0.15) is 55.1 Å². The van der Waals surface area contributed by atoms with Gasteiger partial charge in [0.25, 0.3) is 21.2 Å². The fourth-order valence-electron chi connectivity index (χ4n) is 3.46. The van der Waals surface area contributed by atoms with E-state index in [1.807, 2.05) is 45.9 Å². The monoisotopic (exact) mass is 446 g/mol. The average molecular weight is 447 g/mol. The molecule has 0 atom stereocenters. The third kappa shape index (κ3) is 4.11. The van der Waals surface area contributed by atoms with Crippen LogP contribution < -0.4 is 0 Å². The van der Waals surface area contributed by atoms with Crippen molar-refractivity contribution in [1.82, 2.24) is 9.21 Å². The molecule has 30 heavy (non-hydrogen) atoms. The largest absolute Gasteiger partial charge is 0.334 e. The van der Waals surface area contributed by atoms with Gasteiger partial charge in [-0.3, -0.25) is 9.59 Å². The van der Waals surface area contributed by atoms with Gasteiger partial charge < -0.3 is 4.90 Å². The van der Waals surface area contributed by atoms with Crippen LogP contribution in [0.3, 0.4) is 0 Å². The van der Waals surface area contributed by atoms with E-state index in [-0.39, 0.29) is 28.2 Å². The Balaban J connectivity index is 2.05. The summed E-state index contributed by atoms with van der Waals surface area (Å²) < 4.78 is 27.4. The zero-order valence-corrected chi connectivity index (χ0v) is 19.2. The molecule has 160 valence electrons. The first kappa shape index (κ1) is 22.4. The number of amides is 2. The number of carbonyl (C=O) groups excluding carboxylic acids is 2. The predicted octanol–water partition coefficient (Wildman–Crippen LogP) is 4.71. The fourth-order valence-corrected chi connectivity index (χ4v) is 6.09. The Bertz CT molecular complexity index is 1060. The Hall–Kier alpha value is -2.32. The first-order chi connectivity index (χ1) is 14.2. The van der Waals surface area contributed by atoms with Crippen LogP contribution in [0.5, 0.6) is 0 Å². The molecule has 1 aliphatic heterocycles. The Morgan fingerprint density at radius 1 is 1.10 bits per heavy atom. The summed E-state index contributed by atoms with van der Waals surface area (Å²) in [7, 11) is -3.99. The van der Waals surface area contributed by atoms with Gasteiger partial charge in [0, 0.05) is 18.0 Å². The zero-order valence-electron chi connectivity index (χ0n) is 17.6. The molecule has 0 N–H and O–H groups in total. The maximum Gasteiger partial charge on any atom is 0.286 e. The number of thioether (sulfide) groups is 1. The van der Waals surface area contributed by atoms with Gasteiger partial charge in [0.1, 0.15) is 4.90 Å². The summed E-state index contributed by atoms with van der Waals surface area (Å²) >= 11 is 0.998. The van der Waals surface area contributed by atoms with Crippen molar-refractivity contribution >= 4 is 32.9 Å². The molecule has 2 amide bonds. The topological polar surface area (TPSA) is 74.8 Å². The second-order valence-electron chi connectivity index (χ2n) is 7.38. The average Bonchev–Trinajstić information content (AvgIpc) is 2.90. The molecule has 2 aromatic rings. The molecule has 0 aromatic heterocycles. The molecule has 2 aromatic carbocycles. The summed E-state index contributed by atoms with van der Waals surface area (Å²) in [5, 5.41) is -0.141. The van der Waals surface area contributed by atoms with Crippen LogP contribution in [-0.2, 0) is 16.6 Å². The van der Waals surface area contributed by atoms with Crippen molar-refractivity contribution in [2.24, 2.45) is 0 Å². The van der Waals surface area contributed by atoms with E-state index in [1.54, 1.807) is 23.1 Å². The highest BCUT2D eigenvalue weighted by Crippen LogP contribution is 2.40. The van der Waals surface area contributed by atoms with E-state index in [4.69, 9.17) is 0 Å². The van der Waals surface area contributed by atoms with Gasteiger partial charge in [-0.25, -0.2) is 12.7 Å². The van der Waals surface area contributed by atoms with Gasteiger partial charge in [0.15, 0.2) is 0 Å². The third-order valence-electron chi connectivity index (χ3n) is 5.13. The molecule has 0 unspecified atom stereocenters. The molecular formula is C22H26N2O4S2. The van der Waals surface area contributed by atoms with E-state index in [2.05, 4.69) is 0 Å². The van der Waals surface area contributed by atoms with Crippen LogP contribution in [-0.4, -0.2) is 41.9 Å². The maximum atomic E-state index is 13.3. The lowest BCUT2D eigenvalue weighted by atomic mass is 9.96. The standard InChI is InChI=1S/C22H26N2O4S2/c1-5-23(6-2)22(26)29-17-12-18(15(3)4)20-19(13-17)30(27,28)24(21(20)25)14-16-10-8-7-9-11-16/h7-13,15H,5-6,14H2,1-4H3. The zero-order chi connectivity index (χ0) is 22.1. The molecule has 0 bridgehead atoms. The summed E-state index contributed by atoms with van der Waals surface area (Å²) in [5.74, 6) is -0.581. The van der Waals surface area contributed by atoms with Gasteiger partial charge in [-0.1, -0.05) is 44.2 Å². The quantitative estimate of drug-likeness (QED) is 0.601. The normalized spacial score (nSPS) is 14.8. The predicted molar refractivity (Wildman–Crippen MR) is 118 cm³/mol. The summed E-state index contributed by atoms with van der Waals surface area (Å²) in [6.45, 7) is 8.75. The van der Waals surface area contributed by atoms with Crippen molar-refractivity contribution in [2.75, 3.05) is 13.1 Å². The van der Waals surface area contributed by atoms with E-state index in [9.17, 15) is 18.0 Å². The van der Waals surface area contributed by atoms with E-state index >= 15 is 0 Å². The Kier molecular flexibility index (Phi) is 6.57. The summed E-state index contributed by atoms with van der Waals surface area (Å²) in [5.41, 5.74) is 1.60. The molecule has 0 spiro atoms. The third-order valence-corrected chi connectivity index (χ3v) is 7.79. The van der Waals surface area contributed by atoms with E-state index < -0.39 is 15.9 Å². The van der Waals surface area contributed by atoms with Gasteiger partial charge in [-0.05, 0) is 54.8 Å². The molecule has 6 nitrogen and oxygen atoms in total. The van der Waals surface area contributed by atoms with Gasteiger partial charge in [0.2, 0.25) is 0 Å². The lowest BCUT2D eigenvalue weighted by Gasteiger charge is -2.18. The van der Waals surface area contributed by atoms with Crippen LogP contribution in [0.4, 0.5) is 4.79 Å². The molecule has 3 rings (SSSR count). The summed E-state index contributed by atoms with van der Waals surface area (Å²) in [4.78, 5) is 27.9. The smallest absolute Gasteiger partial charge is 0.286 e. The van der Waals surface area contributed by atoms with Gasteiger partial charge in [-0.2, -0.15) is 0 Å². The molecule has 0 aliphatic carbocycles. The number of carbonyl (C=O) groups is 2. The number of nitrogens with zero attached hydrogens (tertiary/aromatic N) is 2. The van der Waals surface area contributed by atoms with Crippen molar-refractivity contribution in [3.8, 4) is 0 Å². The lowest BCUT2D eigenvalue weighted by molar-refractivity contribution is 0.0863. The molecule has 0 fully saturated rings. The lowest BCUT2D eigenvalue weighted by Crippen LogP contribution is -2.29. The SMILES string of the molecule is CCN(CC)C(=O)Sc1cc(C(C)C)c2c(c1)S(=O)(=O)N(Cc1ccccc1)C2=O. The Morgan fingerprint density at radius 2 is 1.73 bits per heavy atom. The molecule has 8 heteroatoms. The highest BCUT2D eigenvalue weighted by molar-refractivity contribution is 8.13. The van der Waals surface area contributed by atoms with Crippen molar-refractivity contribution in [2.45, 2.75) is 49.9 Å². The van der Waals surface area contributed by atoms with E-state index in [1.165, 1.54) is 6.07 Å². The highest BCUT2D eigenvalue weighted by Gasteiger charge is 2.43. The maximum absolute atomic E-state index is 13.3. The minimum atomic E-state index is -3.99. The number of hydrogen-bond acceptors (Lipinski definition) is 5. The minimum absolute atomic E-state index is 0.00974. The van der Waals surface area contributed by atoms with Gasteiger partial charge >= 0.3 is 0 Å². The van der Waals surface area contributed by atoms with Gasteiger partial charge in [0.05, 0.1) is 12.1 Å². The van der Waals surface area contributed by atoms with Crippen LogP contribution >= 0.6 is 11.8 Å². The summed E-state index contributed by atoms with van der Waals surface area (Å²) in [6, 6.07) is 12.3. The number of hydrogen-bond donors (Lipinski definition) is 0. The van der Waals surface area contributed by atoms with Crippen molar-refractivity contribution < 1.29 is 18.0 Å². The van der Waals surface area contributed by atoms with E-state index in [0.717, 1.165) is 21.6 Å². The van der Waals surface area contributed by atoms with Crippen LogP contribution in [0.25, 0.3) is 0 Å². The van der Waals surface area contributed by atoms with Gasteiger partial charge in [-0.15, -0.1) is 0 Å². The van der Waals surface area contributed by atoms with Crippen molar-refractivity contribution in [3.05, 3.63) is 59.2 Å². The minimum Gasteiger partial charge on any atom is -0.334 e. The number of fused-ring (bicyclic) bond motifs is 1. The fraction of sp³-hybridized carbons (Fsp3) is 0.364. The molecule has 0 radical (unpaired) electrons. The molecule has 0 saturated carbocycles. The Morgan fingerprint density at radius 3 is 2.30 bits per heavy atom. The second-order valence-corrected chi connectivity index (χ2v) is 10.2. The number of benzene rings is 2. The number of rotatable bonds is 6. The first-order valence-electron chi connectivity index (χ1n) is 9.96. The van der Waals surface area contributed by atoms with Crippen LogP contribution in [0, 0.1) is 0 Å². The molecule has 0 saturated heterocycles. The van der Waals surface area contributed by atoms with Crippen molar-refractivity contribution in [3.63, 3.8) is 0 Å². The van der Waals surface area contributed by atoms with Crippen molar-refractivity contribution in [1.29, 1.82) is 0 Å². The summed E-state index contributed by atoms with van der Waals surface area (Å²) in [6.07, 6.45) is 0.